The number of aryl methyl sites for hydroxylation is 1. The van der Waals surface area contributed by atoms with E-state index in [1.165, 1.54) is 11.6 Å². The van der Waals surface area contributed by atoms with Crippen molar-refractivity contribution < 1.29 is 9.15 Å². The average Bonchev–Trinajstić information content (AvgIpc) is 3.36. The van der Waals surface area contributed by atoms with Gasteiger partial charge in [0.1, 0.15) is 5.76 Å². The summed E-state index contributed by atoms with van der Waals surface area (Å²) in [6.45, 7) is 1.04. The van der Waals surface area contributed by atoms with Crippen LogP contribution in [0.5, 0.6) is 0 Å². The van der Waals surface area contributed by atoms with E-state index in [-0.39, 0.29) is 11.2 Å². The molecule has 1 aromatic carbocycles. The Morgan fingerprint density at radius 1 is 1.10 bits per heavy atom. The first-order valence-electron chi connectivity index (χ1n) is 9.22. The fraction of sp³-hybridized carbons (Fsp3) is 0.238. The summed E-state index contributed by atoms with van der Waals surface area (Å²) in [7, 11) is 3.19. The molecular formula is C21H18BrN3O4. The first-order valence-corrected chi connectivity index (χ1v) is 10.0. The Morgan fingerprint density at radius 2 is 1.93 bits per heavy atom. The Balaban J connectivity index is 1.99. The van der Waals surface area contributed by atoms with E-state index in [2.05, 4.69) is 20.5 Å². The maximum absolute atomic E-state index is 13.3. The quantitative estimate of drug-likeness (QED) is 0.465. The zero-order chi connectivity index (χ0) is 20.3. The number of nitrogens with zero attached hydrogens (tertiary/aromatic N) is 3. The van der Waals surface area contributed by atoms with Gasteiger partial charge in [-0.15, -0.1) is 0 Å². The van der Waals surface area contributed by atoms with Crippen LogP contribution in [0.4, 0.5) is 0 Å². The second-order valence-corrected chi connectivity index (χ2v) is 8.01. The fourth-order valence-corrected chi connectivity index (χ4v) is 4.57. The lowest BCUT2D eigenvalue weighted by Gasteiger charge is -2.26. The average molecular weight is 456 g/mol. The normalized spacial score (nSPS) is 16.3. The highest BCUT2D eigenvalue weighted by molar-refractivity contribution is 9.10. The van der Waals surface area contributed by atoms with E-state index in [1.807, 2.05) is 30.3 Å². The lowest BCUT2D eigenvalue weighted by Crippen LogP contribution is -2.37. The van der Waals surface area contributed by atoms with Crippen LogP contribution in [0.3, 0.4) is 0 Å². The number of rotatable bonds is 2. The largest absolute Gasteiger partial charge is 0.466 e. The first kappa shape index (κ1) is 18.2. The predicted molar refractivity (Wildman–Crippen MR) is 112 cm³/mol. The van der Waals surface area contributed by atoms with Gasteiger partial charge in [-0.05, 0) is 24.3 Å². The molecule has 0 aliphatic carbocycles. The van der Waals surface area contributed by atoms with Crippen molar-refractivity contribution in [1.82, 2.24) is 13.7 Å². The molecule has 0 amide bonds. The van der Waals surface area contributed by atoms with Crippen molar-refractivity contribution in [2.45, 2.75) is 12.6 Å². The van der Waals surface area contributed by atoms with Gasteiger partial charge in [0, 0.05) is 30.7 Å². The smallest absolute Gasteiger partial charge is 0.331 e. The summed E-state index contributed by atoms with van der Waals surface area (Å²) in [5.74, 6) is 0.638. The summed E-state index contributed by atoms with van der Waals surface area (Å²) in [5.41, 5.74) is 2.32. The number of hydrogen-bond acceptors (Lipinski definition) is 4. The van der Waals surface area contributed by atoms with Crippen LogP contribution < -0.4 is 11.2 Å². The van der Waals surface area contributed by atoms with Crippen LogP contribution >= 0.6 is 15.9 Å². The molecule has 148 valence electrons. The van der Waals surface area contributed by atoms with Gasteiger partial charge < -0.3 is 13.7 Å². The van der Waals surface area contributed by atoms with Crippen LogP contribution in [0, 0.1) is 0 Å². The third kappa shape index (κ3) is 2.59. The molecule has 29 heavy (non-hydrogen) atoms. The molecule has 0 saturated heterocycles. The SMILES string of the molecule is Cn1c(=O)c2c(-c3cccc(Br)c3)n3c(c2n(C)c1=O)[C@@H](c1ccco1)OCC3. The van der Waals surface area contributed by atoms with Gasteiger partial charge in [-0.3, -0.25) is 13.9 Å². The maximum atomic E-state index is 13.3. The number of halogens is 1. The van der Waals surface area contributed by atoms with Crippen LogP contribution in [0.15, 0.2) is 61.1 Å². The van der Waals surface area contributed by atoms with E-state index in [1.54, 1.807) is 19.4 Å². The highest BCUT2D eigenvalue weighted by Crippen LogP contribution is 2.40. The lowest BCUT2D eigenvalue weighted by atomic mass is 10.1. The zero-order valence-corrected chi connectivity index (χ0v) is 17.5. The number of ether oxygens (including phenoxy) is 1. The molecule has 0 N–H and O–H groups in total. The Hall–Kier alpha value is -2.84. The molecule has 4 heterocycles. The minimum atomic E-state index is -0.500. The second-order valence-electron chi connectivity index (χ2n) is 7.09. The molecule has 5 rings (SSSR count). The van der Waals surface area contributed by atoms with Gasteiger partial charge >= 0.3 is 5.69 Å². The predicted octanol–water partition coefficient (Wildman–Crippen LogP) is 3.18. The van der Waals surface area contributed by atoms with E-state index >= 15 is 0 Å². The van der Waals surface area contributed by atoms with Crippen LogP contribution in [0.1, 0.15) is 17.6 Å². The topological polar surface area (TPSA) is 71.3 Å². The molecule has 1 atom stereocenters. The highest BCUT2D eigenvalue weighted by Gasteiger charge is 2.34. The molecule has 4 aromatic rings. The first-order chi connectivity index (χ1) is 14.0. The minimum absolute atomic E-state index is 0.321. The molecular weight excluding hydrogens is 438 g/mol. The van der Waals surface area contributed by atoms with Gasteiger partial charge in [-0.25, -0.2) is 4.79 Å². The van der Waals surface area contributed by atoms with Crippen LogP contribution in [0.25, 0.3) is 22.2 Å². The zero-order valence-electron chi connectivity index (χ0n) is 15.9. The number of hydrogen-bond donors (Lipinski definition) is 0. The van der Waals surface area contributed by atoms with Crippen molar-refractivity contribution in [2.75, 3.05) is 6.61 Å². The maximum Gasteiger partial charge on any atom is 0.331 e. The van der Waals surface area contributed by atoms with Crippen molar-refractivity contribution >= 4 is 26.8 Å². The number of aromatic nitrogens is 3. The van der Waals surface area contributed by atoms with E-state index in [9.17, 15) is 9.59 Å². The molecule has 0 radical (unpaired) electrons. The molecule has 0 bridgehead atoms. The van der Waals surface area contributed by atoms with Gasteiger partial charge in [0.2, 0.25) is 0 Å². The van der Waals surface area contributed by atoms with E-state index in [0.717, 1.165) is 26.0 Å². The minimum Gasteiger partial charge on any atom is -0.466 e. The summed E-state index contributed by atoms with van der Waals surface area (Å²) >= 11 is 3.52. The highest BCUT2D eigenvalue weighted by atomic mass is 79.9. The fourth-order valence-electron chi connectivity index (χ4n) is 4.17. The lowest BCUT2D eigenvalue weighted by molar-refractivity contribution is 0.0347. The standard InChI is InChI=1S/C21H18BrN3O4/c1-23-17-15(20(26)24(2)21(23)27)16(12-5-3-6-13(22)11-12)25-8-10-29-19(18(17)25)14-7-4-9-28-14/h3-7,9,11,19H,8,10H2,1-2H3/t19-/m1/s1. The molecule has 0 saturated carbocycles. The summed E-state index contributed by atoms with van der Waals surface area (Å²) in [5, 5.41) is 0.504. The Kier molecular flexibility index (Phi) is 4.15. The summed E-state index contributed by atoms with van der Waals surface area (Å²) in [6, 6.07) is 11.5. The monoisotopic (exact) mass is 455 g/mol. The second kappa shape index (κ2) is 6.60. The Morgan fingerprint density at radius 3 is 2.66 bits per heavy atom. The van der Waals surface area contributed by atoms with Gasteiger partial charge in [0.25, 0.3) is 5.56 Å². The van der Waals surface area contributed by atoms with Gasteiger partial charge in [0.05, 0.1) is 35.2 Å². The van der Waals surface area contributed by atoms with Crippen molar-refractivity contribution in [3.05, 3.63) is 79.4 Å². The summed E-state index contributed by atoms with van der Waals surface area (Å²) < 4.78 is 17.3. The van der Waals surface area contributed by atoms with Gasteiger partial charge in [-0.2, -0.15) is 0 Å². The molecule has 3 aromatic heterocycles. The Labute approximate surface area is 173 Å². The van der Waals surface area contributed by atoms with E-state index < -0.39 is 6.10 Å². The summed E-state index contributed by atoms with van der Waals surface area (Å²) in [6.07, 6.45) is 1.09. The van der Waals surface area contributed by atoms with Crippen LogP contribution in [-0.4, -0.2) is 20.3 Å². The van der Waals surface area contributed by atoms with E-state index in [4.69, 9.17) is 9.15 Å². The number of fused-ring (bicyclic) bond motifs is 3. The number of benzene rings is 1. The van der Waals surface area contributed by atoms with Crippen LogP contribution in [-0.2, 0) is 25.4 Å². The van der Waals surface area contributed by atoms with Gasteiger partial charge in [-0.1, -0.05) is 28.1 Å². The van der Waals surface area contributed by atoms with Crippen LogP contribution in [0.2, 0.25) is 0 Å². The molecule has 0 spiro atoms. The molecule has 1 aliphatic heterocycles. The van der Waals surface area contributed by atoms with E-state index in [0.29, 0.717) is 29.8 Å². The molecule has 0 fully saturated rings. The molecule has 0 unspecified atom stereocenters. The van der Waals surface area contributed by atoms with Crippen molar-refractivity contribution in [2.24, 2.45) is 14.1 Å². The molecule has 8 heteroatoms. The van der Waals surface area contributed by atoms with Crippen molar-refractivity contribution in [1.29, 1.82) is 0 Å². The molecule has 7 nitrogen and oxygen atoms in total. The third-order valence-corrected chi connectivity index (χ3v) is 5.95. The van der Waals surface area contributed by atoms with Crippen molar-refractivity contribution in [3.63, 3.8) is 0 Å². The van der Waals surface area contributed by atoms with Gasteiger partial charge in [0.15, 0.2) is 6.10 Å². The third-order valence-electron chi connectivity index (χ3n) is 5.45. The Bertz CT molecular complexity index is 1360. The molecule has 1 aliphatic rings. The summed E-state index contributed by atoms with van der Waals surface area (Å²) in [4.78, 5) is 26.0. The van der Waals surface area contributed by atoms with Crippen molar-refractivity contribution in [3.8, 4) is 11.3 Å². The number of furan rings is 1.